The van der Waals surface area contributed by atoms with Gasteiger partial charge in [-0.3, -0.25) is 4.79 Å². The van der Waals surface area contributed by atoms with Crippen molar-refractivity contribution < 1.29 is 22.0 Å². The zero-order valence-electron chi connectivity index (χ0n) is 11.8. The van der Waals surface area contributed by atoms with Gasteiger partial charge in [-0.1, -0.05) is 12.1 Å². The fourth-order valence-electron chi connectivity index (χ4n) is 1.56. The zero-order chi connectivity index (χ0) is 16.3. The summed E-state index contributed by atoms with van der Waals surface area (Å²) in [7, 11) is -4.61. The number of sulfone groups is 1. The molecule has 118 valence electrons. The third-order valence-electron chi connectivity index (χ3n) is 2.84. The summed E-state index contributed by atoms with van der Waals surface area (Å²) < 4.78 is 47.2. The first-order valence-corrected chi connectivity index (χ1v) is 7.75. The lowest BCUT2D eigenvalue weighted by Gasteiger charge is -2.24. The predicted octanol–water partition coefficient (Wildman–Crippen LogP) is 1.08. The molecule has 0 aliphatic heterocycles. The summed E-state index contributed by atoms with van der Waals surface area (Å²) in [5, 5.41) is 2.72. The number of rotatable bonds is 6. The quantitative estimate of drug-likeness (QED) is 0.821. The number of hydrogen-bond donors (Lipinski definition) is 2. The average molecular weight is 320 g/mol. The van der Waals surface area contributed by atoms with E-state index in [2.05, 4.69) is 5.32 Å². The van der Waals surface area contributed by atoms with Crippen molar-refractivity contribution in [3.63, 3.8) is 0 Å². The molecule has 1 amide bonds. The van der Waals surface area contributed by atoms with Crippen LogP contribution in [0.3, 0.4) is 0 Å². The van der Waals surface area contributed by atoms with Crippen molar-refractivity contribution in [2.24, 2.45) is 5.73 Å². The Hall–Kier alpha value is -1.54. The maximum atomic E-state index is 12.4. The maximum Gasteiger partial charge on any atom is 0.341 e. The summed E-state index contributed by atoms with van der Waals surface area (Å²) >= 11 is 0. The summed E-state index contributed by atoms with van der Waals surface area (Å²) in [5.74, 6) is -3.74. The first-order chi connectivity index (χ1) is 9.58. The van der Waals surface area contributed by atoms with Crippen molar-refractivity contribution in [2.45, 2.75) is 36.5 Å². The largest absolute Gasteiger partial charge is 0.350 e. The van der Waals surface area contributed by atoms with Gasteiger partial charge in [0.2, 0.25) is 15.7 Å². The molecule has 0 aromatic heterocycles. The normalized spacial score (nSPS) is 12.5. The Labute approximate surface area is 122 Å². The molecule has 3 N–H and O–H groups in total. The number of nitrogens with one attached hydrogen (secondary N) is 1. The molecule has 0 aliphatic rings. The summed E-state index contributed by atoms with van der Waals surface area (Å²) in [6.07, 6.45) is 0.0123. The third kappa shape index (κ3) is 4.75. The molecule has 1 aromatic carbocycles. The van der Waals surface area contributed by atoms with E-state index in [9.17, 15) is 22.0 Å². The molecule has 0 spiro atoms. The minimum absolute atomic E-state index is 0.0123. The Bertz CT molecular complexity index is 598. The standard InChI is InChI=1S/C13H18F2N2O3S/c1-13(2,8-16)17-11(18)7-9-3-5-10(6-4-9)21(19,20)12(14)15/h3-6,12H,7-8,16H2,1-2H3,(H,17,18). The number of carbonyl (C=O) groups is 1. The van der Waals surface area contributed by atoms with Gasteiger partial charge in [0.15, 0.2) is 0 Å². The fraction of sp³-hybridized carbons (Fsp3) is 0.462. The van der Waals surface area contributed by atoms with Gasteiger partial charge >= 0.3 is 5.76 Å². The monoisotopic (exact) mass is 320 g/mol. The van der Waals surface area contributed by atoms with Gasteiger partial charge in [-0.05, 0) is 31.5 Å². The predicted molar refractivity (Wildman–Crippen MR) is 74.6 cm³/mol. The van der Waals surface area contributed by atoms with Crippen molar-refractivity contribution in [2.75, 3.05) is 6.54 Å². The summed E-state index contributed by atoms with van der Waals surface area (Å²) in [5.41, 5.74) is 5.47. The van der Waals surface area contributed by atoms with Crippen LogP contribution in [0.25, 0.3) is 0 Å². The fourth-order valence-corrected chi connectivity index (χ4v) is 2.28. The van der Waals surface area contributed by atoms with Crippen LogP contribution in [0.1, 0.15) is 19.4 Å². The lowest BCUT2D eigenvalue weighted by atomic mass is 10.1. The molecule has 0 unspecified atom stereocenters. The van der Waals surface area contributed by atoms with E-state index in [1.807, 2.05) is 0 Å². The second kappa shape index (κ2) is 6.48. The van der Waals surface area contributed by atoms with E-state index in [1.54, 1.807) is 13.8 Å². The summed E-state index contributed by atoms with van der Waals surface area (Å²) in [4.78, 5) is 11.3. The second-order valence-electron chi connectivity index (χ2n) is 5.26. The zero-order valence-corrected chi connectivity index (χ0v) is 12.6. The SMILES string of the molecule is CC(C)(CN)NC(=O)Cc1ccc(S(=O)(=O)C(F)F)cc1. The Balaban J connectivity index is 2.79. The van der Waals surface area contributed by atoms with E-state index in [1.165, 1.54) is 12.1 Å². The van der Waals surface area contributed by atoms with Crippen molar-refractivity contribution >= 4 is 15.7 Å². The van der Waals surface area contributed by atoms with Gasteiger partial charge in [0.05, 0.1) is 11.3 Å². The number of carbonyl (C=O) groups excluding carboxylic acids is 1. The van der Waals surface area contributed by atoms with E-state index in [0.717, 1.165) is 12.1 Å². The number of amides is 1. The van der Waals surface area contributed by atoms with Gasteiger partial charge in [-0.2, -0.15) is 8.78 Å². The van der Waals surface area contributed by atoms with Crippen LogP contribution in [-0.2, 0) is 21.1 Å². The molecule has 0 heterocycles. The number of halogens is 2. The van der Waals surface area contributed by atoms with E-state index >= 15 is 0 Å². The van der Waals surface area contributed by atoms with Crippen LogP contribution >= 0.6 is 0 Å². The summed E-state index contributed by atoms with van der Waals surface area (Å²) in [6, 6.07) is 4.81. The highest BCUT2D eigenvalue weighted by Crippen LogP contribution is 2.18. The van der Waals surface area contributed by atoms with Crippen LogP contribution < -0.4 is 11.1 Å². The average Bonchev–Trinajstić information content (AvgIpc) is 2.38. The van der Waals surface area contributed by atoms with Crippen molar-refractivity contribution in [1.29, 1.82) is 0 Å². The molecular formula is C13H18F2N2O3S. The van der Waals surface area contributed by atoms with Crippen molar-refractivity contribution in [3.8, 4) is 0 Å². The van der Waals surface area contributed by atoms with E-state index in [4.69, 9.17) is 5.73 Å². The molecule has 0 bridgehead atoms. The van der Waals surface area contributed by atoms with Crippen LogP contribution in [0.15, 0.2) is 29.2 Å². The molecule has 0 saturated carbocycles. The Morgan fingerprint density at radius 2 is 1.81 bits per heavy atom. The third-order valence-corrected chi connectivity index (χ3v) is 4.24. The molecular weight excluding hydrogens is 302 g/mol. The number of alkyl halides is 2. The highest BCUT2D eigenvalue weighted by molar-refractivity contribution is 7.91. The van der Waals surface area contributed by atoms with Gasteiger partial charge in [0.25, 0.3) is 0 Å². The van der Waals surface area contributed by atoms with Gasteiger partial charge < -0.3 is 11.1 Å². The molecule has 0 radical (unpaired) electrons. The Morgan fingerprint density at radius 1 is 1.29 bits per heavy atom. The minimum Gasteiger partial charge on any atom is -0.350 e. The van der Waals surface area contributed by atoms with Crippen LogP contribution in [0, 0.1) is 0 Å². The summed E-state index contributed by atoms with van der Waals surface area (Å²) in [6.45, 7) is 3.80. The maximum absolute atomic E-state index is 12.4. The van der Waals surface area contributed by atoms with Gasteiger partial charge in [0, 0.05) is 12.1 Å². The molecule has 1 rings (SSSR count). The molecule has 21 heavy (non-hydrogen) atoms. The van der Waals surface area contributed by atoms with E-state index in [-0.39, 0.29) is 18.9 Å². The number of benzene rings is 1. The highest BCUT2D eigenvalue weighted by Gasteiger charge is 2.26. The molecule has 8 heteroatoms. The molecule has 0 aliphatic carbocycles. The smallest absolute Gasteiger partial charge is 0.341 e. The van der Waals surface area contributed by atoms with Crippen LogP contribution in [-0.4, -0.2) is 32.2 Å². The van der Waals surface area contributed by atoms with Crippen LogP contribution in [0.5, 0.6) is 0 Å². The van der Waals surface area contributed by atoms with Gasteiger partial charge in [0.1, 0.15) is 0 Å². The van der Waals surface area contributed by atoms with Gasteiger partial charge in [-0.25, -0.2) is 8.42 Å². The molecule has 0 fully saturated rings. The Morgan fingerprint density at radius 3 is 2.24 bits per heavy atom. The van der Waals surface area contributed by atoms with Crippen LogP contribution in [0.2, 0.25) is 0 Å². The lowest BCUT2D eigenvalue weighted by Crippen LogP contribution is -2.49. The van der Waals surface area contributed by atoms with Crippen molar-refractivity contribution in [1.82, 2.24) is 5.32 Å². The Kier molecular flexibility index (Phi) is 5.41. The van der Waals surface area contributed by atoms with Gasteiger partial charge in [-0.15, -0.1) is 0 Å². The molecule has 1 aromatic rings. The van der Waals surface area contributed by atoms with Crippen molar-refractivity contribution in [3.05, 3.63) is 29.8 Å². The highest BCUT2D eigenvalue weighted by atomic mass is 32.2. The molecule has 0 atom stereocenters. The number of nitrogens with two attached hydrogens (primary N) is 1. The first-order valence-electron chi connectivity index (χ1n) is 6.20. The topological polar surface area (TPSA) is 89.3 Å². The van der Waals surface area contributed by atoms with E-state index in [0.29, 0.717) is 5.56 Å². The molecule has 5 nitrogen and oxygen atoms in total. The van der Waals surface area contributed by atoms with E-state index < -0.39 is 26.0 Å². The second-order valence-corrected chi connectivity index (χ2v) is 7.18. The molecule has 0 saturated heterocycles. The first kappa shape index (κ1) is 17.5. The van der Waals surface area contributed by atoms with Crippen LogP contribution in [0.4, 0.5) is 8.78 Å². The lowest BCUT2D eigenvalue weighted by molar-refractivity contribution is -0.121. The number of hydrogen-bond acceptors (Lipinski definition) is 4. The minimum atomic E-state index is -4.61.